The molecule has 1 N–H and O–H groups in total. The highest BCUT2D eigenvalue weighted by Crippen LogP contribution is 2.35. The third-order valence-corrected chi connectivity index (χ3v) is 1.37. The highest BCUT2D eigenvalue weighted by Gasteiger charge is 2.32. The number of halogens is 5. The van der Waals surface area contributed by atoms with Gasteiger partial charge in [0, 0.05) is 6.07 Å². The van der Waals surface area contributed by atoms with Gasteiger partial charge in [-0.15, -0.1) is 13.2 Å². The van der Waals surface area contributed by atoms with Gasteiger partial charge in [0.1, 0.15) is 5.75 Å². The molecule has 0 bridgehead atoms. The molecule has 0 saturated heterocycles. The van der Waals surface area contributed by atoms with Crippen LogP contribution in [0.5, 0.6) is 17.2 Å². The number of ether oxygens (including phenoxy) is 2. The monoisotopic (exact) mass is 244 g/mol. The van der Waals surface area contributed by atoms with Crippen molar-refractivity contribution >= 4 is 0 Å². The summed E-state index contributed by atoms with van der Waals surface area (Å²) in [5, 5.41) is 8.89. The number of phenolic OH excluding ortho intramolecular Hbond substituents is 1. The first-order valence-corrected chi connectivity index (χ1v) is 3.81. The third kappa shape index (κ3) is 3.79. The van der Waals surface area contributed by atoms with Crippen molar-refractivity contribution in [3.05, 3.63) is 18.2 Å². The normalized spacial score (nSPS) is 11.6. The van der Waals surface area contributed by atoms with E-state index in [9.17, 15) is 22.0 Å². The van der Waals surface area contributed by atoms with Crippen molar-refractivity contribution in [2.75, 3.05) is 0 Å². The maximum Gasteiger partial charge on any atom is 0.573 e. The summed E-state index contributed by atoms with van der Waals surface area (Å²) >= 11 is 0. The average molecular weight is 244 g/mol. The van der Waals surface area contributed by atoms with Crippen molar-refractivity contribution in [3.63, 3.8) is 0 Å². The van der Waals surface area contributed by atoms with Crippen LogP contribution in [0, 0.1) is 0 Å². The second-order valence-corrected chi connectivity index (χ2v) is 2.56. The van der Waals surface area contributed by atoms with E-state index in [4.69, 9.17) is 5.11 Å². The van der Waals surface area contributed by atoms with Gasteiger partial charge in [-0.05, 0) is 12.1 Å². The average Bonchev–Trinajstić information content (AvgIpc) is 2.06. The topological polar surface area (TPSA) is 38.7 Å². The lowest BCUT2D eigenvalue weighted by atomic mass is 10.3. The van der Waals surface area contributed by atoms with Crippen LogP contribution in [0.25, 0.3) is 0 Å². The summed E-state index contributed by atoms with van der Waals surface area (Å²) in [6.45, 7) is -3.32. The van der Waals surface area contributed by atoms with E-state index in [1.54, 1.807) is 0 Å². The number of alkyl halides is 5. The van der Waals surface area contributed by atoms with Gasteiger partial charge in [0.05, 0.1) is 0 Å². The Morgan fingerprint density at radius 3 is 2.25 bits per heavy atom. The van der Waals surface area contributed by atoms with Gasteiger partial charge < -0.3 is 14.6 Å². The molecule has 3 nitrogen and oxygen atoms in total. The number of phenols is 1. The molecule has 0 aliphatic heterocycles. The maximum atomic E-state index is 11.8. The Kier molecular flexibility index (Phi) is 3.41. The SMILES string of the molecule is Oc1ccc(OC(F)(F)F)c(OC(F)F)c1. The van der Waals surface area contributed by atoms with E-state index in [0.717, 1.165) is 6.07 Å². The quantitative estimate of drug-likeness (QED) is 0.831. The van der Waals surface area contributed by atoms with E-state index >= 15 is 0 Å². The van der Waals surface area contributed by atoms with Gasteiger partial charge in [-0.1, -0.05) is 0 Å². The zero-order chi connectivity index (χ0) is 12.3. The zero-order valence-electron chi connectivity index (χ0n) is 7.46. The Morgan fingerprint density at radius 1 is 1.12 bits per heavy atom. The Hall–Kier alpha value is -1.73. The third-order valence-electron chi connectivity index (χ3n) is 1.37. The lowest BCUT2D eigenvalue weighted by Gasteiger charge is -2.13. The van der Waals surface area contributed by atoms with Crippen LogP contribution in [0.3, 0.4) is 0 Å². The molecule has 0 atom stereocenters. The molecule has 90 valence electrons. The minimum absolute atomic E-state index is 0.523. The molecule has 0 spiro atoms. The molecule has 0 aromatic heterocycles. The largest absolute Gasteiger partial charge is 0.573 e. The Balaban J connectivity index is 2.98. The fourth-order valence-corrected chi connectivity index (χ4v) is 0.894. The van der Waals surface area contributed by atoms with Crippen molar-refractivity contribution < 1.29 is 36.5 Å². The van der Waals surface area contributed by atoms with Crippen LogP contribution >= 0.6 is 0 Å². The van der Waals surface area contributed by atoms with Crippen molar-refractivity contribution in [3.8, 4) is 17.2 Å². The fraction of sp³-hybridized carbons (Fsp3) is 0.250. The predicted molar refractivity (Wildman–Crippen MR) is 41.4 cm³/mol. The van der Waals surface area contributed by atoms with Crippen LogP contribution in [0.2, 0.25) is 0 Å². The predicted octanol–water partition coefficient (Wildman–Crippen LogP) is 2.89. The molecule has 0 aliphatic rings. The van der Waals surface area contributed by atoms with Gasteiger partial charge in [0.15, 0.2) is 11.5 Å². The maximum absolute atomic E-state index is 11.8. The molecule has 1 rings (SSSR count). The molecule has 0 fully saturated rings. The highest BCUT2D eigenvalue weighted by atomic mass is 19.4. The number of aromatic hydroxyl groups is 1. The zero-order valence-corrected chi connectivity index (χ0v) is 7.46. The molecule has 0 heterocycles. The summed E-state index contributed by atoms with van der Waals surface area (Å²) in [7, 11) is 0. The Morgan fingerprint density at radius 2 is 1.75 bits per heavy atom. The molecule has 16 heavy (non-hydrogen) atoms. The minimum Gasteiger partial charge on any atom is -0.508 e. The van der Waals surface area contributed by atoms with Crippen LogP contribution in [0.1, 0.15) is 0 Å². The van der Waals surface area contributed by atoms with Crippen molar-refractivity contribution in [1.29, 1.82) is 0 Å². The lowest BCUT2D eigenvalue weighted by molar-refractivity contribution is -0.275. The number of benzene rings is 1. The second-order valence-electron chi connectivity index (χ2n) is 2.56. The summed E-state index contributed by atoms with van der Waals surface area (Å²) in [4.78, 5) is 0. The smallest absolute Gasteiger partial charge is 0.508 e. The van der Waals surface area contributed by atoms with Crippen LogP contribution < -0.4 is 9.47 Å². The fourth-order valence-electron chi connectivity index (χ4n) is 0.894. The van der Waals surface area contributed by atoms with Gasteiger partial charge in [-0.2, -0.15) is 8.78 Å². The van der Waals surface area contributed by atoms with E-state index in [-0.39, 0.29) is 0 Å². The first-order chi connectivity index (χ1) is 7.28. The van der Waals surface area contributed by atoms with E-state index < -0.39 is 30.2 Å². The molecular weight excluding hydrogens is 239 g/mol. The first-order valence-electron chi connectivity index (χ1n) is 3.81. The van der Waals surface area contributed by atoms with Gasteiger partial charge >= 0.3 is 13.0 Å². The molecule has 0 aliphatic carbocycles. The Bertz CT molecular complexity index is 363. The van der Waals surface area contributed by atoms with Crippen LogP contribution in [0.15, 0.2) is 18.2 Å². The summed E-state index contributed by atoms with van der Waals surface area (Å²) in [6.07, 6.45) is -5.03. The second kappa shape index (κ2) is 4.42. The number of rotatable bonds is 3. The van der Waals surface area contributed by atoms with Crippen LogP contribution in [-0.4, -0.2) is 18.1 Å². The summed E-state index contributed by atoms with van der Waals surface area (Å²) < 4.78 is 66.3. The van der Waals surface area contributed by atoms with Crippen LogP contribution in [0.4, 0.5) is 22.0 Å². The van der Waals surface area contributed by atoms with Gasteiger partial charge in [-0.25, -0.2) is 0 Å². The molecule has 8 heteroatoms. The van der Waals surface area contributed by atoms with Gasteiger partial charge in [-0.3, -0.25) is 0 Å². The van der Waals surface area contributed by atoms with E-state index in [1.165, 1.54) is 0 Å². The number of hydrogen-bond donors (Lipinski definition) is 1. The van der Waals surface area contributed by atoms with E-state index in [0.29, 0.717) is 12.1 Å². The molecule has 0 unspecified atom stereocenters. The van der Waals surface area contributed by atoms with Crippen molar-refractivity contribution in [2.24, 2.45) is 0 Å². The molecule has 1 aromatic carbocycles. The van der Waals surface area contributed by atoms with Crippen molar-refractivity contribution in [1.82, 2.24) is 0 Å². The number of hydrogen-bond acceptors (Lipinski definition) is 3. The molecule has 0 saturated carbocycles. The van der Waals surface area contributed by atoms with Gasteiger partial charge in [0.2, 0.25) is 0 Å². The summed E-state index contributed by atoms with van der Waals surface area (Å²) in [5.41, 5.74) is 0. The Labute approximate surface area is 86.0 Å². The molecular formula is C8H5F5O3. The summed E-state index contributed by atoms with van der Waals surface area (Å²) in [6, 6.07) is 2.10. The molecule has 0 radical (unpaired) electrons. The molecule has 1 aromatic rings. The minimum atomic E-state index is -5.03. The highest BCUT2D eigenvalue weighted by molar-refractivity contribution is 5.45. The summed E-state index contributed by atoms with van der Waals surface area (Å²) in [5.74, 6) is -2.37. The standard InChI is InChI=1S/C8H5F5O3/c9-7(10)15-6-3-4(14)1-2-5(6)16-8(11,12)13/h1-3,7,14H. The first kappa shape index (κ1) is 12.3. The van der Waals surface area contributed by atoms with E-state index in [2.05, 4.69) is 9.47 Å². The molecule has 0 amide bonds. The van der Waals surface area contributed by atoms with Crippen molar-refractivity contribution in [2.45, 2.75) is 13.0 Å². The van der Waals surface area contributed by atoms with E-state index in [1.807, 2.05) is 0 Å². The lowest BCUT2D eigenvalue weighted by Crippen LogP contribution is -2.18. The van der Waals surface area contributed by atoms with Crippen LogP contribution in [-0.2, 0) is 0 Å². The van der Waals surface area contributed by atoms with Gasteiger partial charge in [0.25, 0.3) is 0 Å².